The minimum absolute atomic E-state index is 0.154. The second kappa shape index (κ2) is 52.2. The molecule has 5 heteroatoms. The summed E-state index contributed by atoms with van der Waals surface area (Å²) in [6, 6.07) is -0.823. The molecule has 0 aliphatic heterocycles. The van der Waals surface area contributed by atoms with Gasteiger partial charge in [-0.25, -0.2) is 0 Å². The molecule has 5 nitrogen and oxygen atoms in total. The third-order valence-corrected chi connectivity index (χ3v) is 13.0. The number of carbonyl (C=O) groups excluding carboxylic acids is 1. The lowest BCUT2D eigenvalue weighted by Gasteiger charge is -2.26. The van der Waals surface area contributed by atoms with Crippen molar-refractivity contribution in [3.05, 3.63) is 36.5 Å². The number of allylic oxidation sites excluding steroid dienone is 6. The summed E-state index contributed by atoms with van der Waals surface area (Å²) in [4.78, 5) is 12.4. The van der Waals surface area contributed by atoms with Crippen molar-refractivity contribution >= 4 is 5.91 Å². The quantitative estimate of drug-likeness (QED) is 0.0362. The van der Waals surface area contributed by atoms with Gasteiger partial charge in [0.15, 0.2) is 0 Å². The van der Waals surface area contributed by atoms with Crippen molar-refractivity contribution in [3.63, 3.8) is 0 Å². The summed E-state index contributed by atoms with van der Waals surface area (Å²) in [6.07, 6.45) is 67.7. The summed E-state index contributed by atoms with van der Waals surface area (Å²) in [6.45, 7) is 4.14. The maximum absolute atomic E-state index is 12.4. The molecule has 0 spiro atoms. The maximum Gasteiger partial charge on any atom is 0.220 e. The molecule has 0 saturated heterocycles. The van der Waals surface area contributed by atoms with E-state index in [0.29, 0.717) is 12.8 Å². The fraction of sp³-hybridized carbons (Fsp3) is 0.877. The van der Waals surface area contributed by atoms with Crippen LogP contribution in [-0.2, 0) is 4.79 Å². The number of rotatable bonds is 51. The van der Waals surface area contributed by atoms with Crippen molar-refractivity contribution in [3.8, 4) is 0 Å². The third kappa shape index (κ3) is 46.6. The number of unbranched alkanes of at least 4 members (excludes halogenated alkanes) is 37. The predicted octanol–water partition coefficient (Wildman–Crippen LogP) is 17.1. The SMILES string of the molecule is CCCCCC/C=C/CCCC(O)C(O)C(CO)NC(=O)CCCCCCCCCCCCCCCCCCC/C=C\C/C=C\CCCCCCCCCCCCCCCCC. The van der Waals surface area contributed by atoms with E-state index in [1.54, 1.807) is 0 Å². The number of aliphatic hydroxyl groups is 3. The van der Waals surface area contributed by atoms with E-state index in [-0.39, 0.29) is 12.5 Å². The Morgan fingerprint density at radius 3 is 1.05 bits per heavy atom. The Balaban J connectivity index is 3.43. The van der Waals surface area contributed by atoms with Crippen LogP contribution in [0.2, 0.25) is 0 Å². The molecule has 0 aliphatic rings. The first-order valence-electron chi connectivity index (χ1n) is 27.8. The Hall–Kier alpha value is -1.43. The Morgan fingerprint density at radius 2 is 0.694 bits per heavy atom. The van der Waals surface area contributed by atoms with Crippen molar-refractivity contribution in [1.29, 1.82) is 0 Å². The fourth-order valence-corrected chi connectivity index (χ4v) is 8.67. The Morgan fingerprint density at radius 1 is 0.403 bits per heavy atom. The molecule has 62 heavy (non-hydrogen) atoms. The molecule has 0 bridgehead atoms. The van der Waals surface area contributed by atoms with Crippen molar-refractivity contribution in [1.82, 2.24) is 5.32 Å². The van der Waals surface area contributed by atoms with Gasteiger partial charge in [-0.05, 0) is 70.6 Å². The van der Waals surface area contributed by atoms with Gasteiger partial charge >= 0.3 is 0 Å². The second-order valence-corrected chi connectivity index (χ2v) is 19.1. The molecule has 366 valence electrons. The summed E-state index contributed by atoms with van der Waals surface area (Å²) in [7, 11) is 0. The first kappa shape index (κ1) is 60.6. The van der Waals surface area contributed by atoms with Crippen LogP contribution >= 0.6 is 0 Å². The Kier molecular flexibility index (Phi) is 51.0. The smallest absolute Gasteiger partial charge is 0.220 e. The monoisotopic (exact) mass is 872 g/mol. The maximum atomic E-state index is 12.4. The molecule has 0 aromatic heterocycles. The molecule has 0 heterocycles. The van der Waals surface area contributed by atoms with Gasteiger partial charge in [0.2, 0.25) is 5.91 Å². The van der Waals surface area contributed by atoms with Gasteiger partial charge in [0.25, 0.3) is 0 Å². The van der Waals surface area contributed by atoms with Gasteiger partial charge in [-0.1, -0.05) is 256 Å². The van der Waals surface area contributed by atoms with E-state index in [0.717, 1.165) is 44.9 Å². The van der Waals surface area contributed by atoms with Crippen LogP contribution in [0.3, 0.4) is 0 Å². The lowest BCUT2D eigenvalue weighted by Crippen LogP contribution is -2.50. The molecule has 1 amide bonds. The van der Waals surface area contributed by atoms with Crippen LogP contribution < -0.4 is 5.32 Å². The molecule has 0 rings (SSSR count). The second-order valence-electron chi connectivity index (χ2n) is 19.1. The van der Waals surface area contributed by atoms with E-state index in [9.17, 15) is 20.1 Å². The van der Waals surface area contributed by atoms with Crippen LogP contribution in [0.5, 0.6) is 0 Å². The fourth-order valence-electron chi connectivity index (χ4n) is 8.67. The normalized spacial score (nSPS) is 13.6. The Bertz CT molecular complexity index is 962. The first-order chi connectivity index (χ1) is 30.6. The van der Waals surface area contributed by atoms with Gasteiger partial charge in [0.1, 0.15) is 6.10 Å². The molecule has 3 atom stereocenters. The molecule has 0 aliphatic carbocycles. The van der Waals surface area contributed by atoms with E-state index in [1.807, 2.05) is 0 Å². The summed E-state index contributed by atoms with van der Waals surface area (Å²) >= 11 is 0. The number of hydrogen-bond donors (Lipinski definition) is 4. The summed E-state index contributed by atoms with van der Waals surface area (Å²) in [5.41, 5.74) is 0. The first-order valence-corrected chi connectivity index (χ1v) is 27.8. The number of aliphatic hydroxyl groups excluding tert-OH is 3. The van der Waals surface area contributed by atoms with E-state index in [1.165, 1.54) is 225 Å². The van der Waals surface area contributed by atoms with Crippen molar-refractivity contribution in [2.75, 3.05) is 6.61 Å². The highest BCUT2D eigenvalue weighted by atomic mass is 16.3. The molecule has 4 N–H and O–H groups in total. The molecule has 3 unspecified atom stereocenters. The van der Waals surface area contributed by atoms with Gasteiger partial charge in [0.05, 0.1) is 18.8 Å². The lowest BCUT2D eigenvalue weighted by atomic mass is 10.0. The number of carbonyl (C=O) groups is 1. The standard InChI is InChI=1S/C57H109NO4/c1-3-5-7-9-11-13-14-15-16-17-18-19-20-21-22-23-24-25-26-27-28-29-30-31-32-33-34-35-36-37-38-39-40-41-42-44-46-48-50-52-56(61)58-54(53-59)57(62)55(60)51-49-47-45-43-12-10-8-6-4-2/h24-25,27-28,43,45,54-55,57,59-60,62H,3-23,26,29-42,44,46-53H2,1-2H3,(H,58,61)/b25-24-,28-27-,45-43+. The van der Waals surface area contributed by atoms with Crippen LogP contribution in [0, 0.1) is 0 Å². The highest BCUT2D eigenvalue weighted by Gasteiger charge is 2.26. The minimum atomic E-state index is -1.16. The predicted molar refractivity (Wildman–Crippen MR) is 273 cm³/mol. The van der Waals surface area contributed by atoms with E-state index < -0.39 is 18.2 Å². The average Bonchev–Trinajstić information content (AvgIpc) is 3.28. The van der Waals surface area contributed by atoms with Crippen molar-refractivity contribution in [2.24, 2.45) is 0 Å². The highest BCUT2D eigenvalue weighted by Crippen LogP contribution is 2.17. The van der Waals surface area contributed by atoms with E-state index >= 15 is 0 Å². The van der Waals surface area contributed by atoms with Crippen molar-refractivity contribution < 1.29 is 20.1 Å². The van der Waals surface area contributed by atoms with E-state index in [4.69, 9.17) is 0 Å². The van der Waals surface area contributed by atoms with Gasteiger partial charge in [-0.15, -0.1) is 0 Å². The summed E-state index contributed by atoms with van der Waals surface area (Å²) in [5, 5.41) is 33.4. The number of nitrogens with one attached hydrogen (secondary N) is 1. The zero-order valence-corrected chi connectivity index (χ0v) is 41.8. The van der Waals surface area contributed by atoms with Gasteiger partial charge in [0, 0.05) is 6.42 Å². The zero-order valence-electron chi connectivity index (χ0n) is 41.8. The average molecular weight is 873 g/mol. The molecule has 0 fully saturated rings. The van der Waals surface area contributed by atoms with Crippen LogP contribution in [-0.4, -0.2) is 46.1 Å². The van der Waals surface area contributed by atoms with Crippen LogP contribution in [0.1, 0.15) is 296 Å². The van der Waals surface area contributed by atoms with Gasteiger partial charge in [-0.2, -0.15) is 0 Å². The lowest BCUT2D eigenvalue weighted by molar-refractivity contribution is -0.124. The number of hydrogen-bond acceptors (Lipinski definition) is 4. The third-order valence-electron chi connectivity index (χ3n) is 13.0. The number of amides is 1. The molecule has 0 saturated carbocycles. The van der Waals surface area contributed by atoms with Gasteiger partial charge in [-0.3, -0.25) is 4.79 Å². The van der Waals surface area contributed by atoms with Crippen LogP contribution in [0.4, 0.5) is 0 Å². The molecule has 0 radical (unpaired) electrons. The zero-order chi connectivity index (χ0) is 45.1. The highest BCUT2D eigenvalue weighted by molar-refractivity contribution is 5.76. The molecule has 0 aromatic carbocycles. The van der Waals surface area contributed by atoms with Gasteiger partial charge < -0.3 is 20.6 Å². The van der Waals surface area contributed by atoms with E-state index in [2.05, 4.69) is 55.6 Å². The van der Waals surface area contributed by atoms with Crippen LogP contribution in [0.25, 0.3) is 0 Å². The van der Waals surface area contributed by atoms with Crippen LogP contribution in [0.15, 0.2) is 36.5 Å². The molecular weight excluding hydrogens is 763 g/mol. The molecular formula is C57H109NO4. The largest absolute Gasteiger partial charge is 0.394 e. The summed E-state index contributed by atoms with van der Waals surface area (Å²) < 4.78 is 0. The molecule has 0 aromatic rings. The van der Waals surface area contributed by atoms with Crippen molar-refractivity contribution in [2.45, 2.75) is 315 Å². The topological polar surface area (TPSA) is 89.8 Å². The Labute approximate surface area is 387 Å². The minimum Gasteiger partial charge on any atom is -0.394 e. The summed E-state index contributed by atoms with van der Waals surface area (Å²) in [5.74, 6) is -0.154.